The number of hydrogen-bond donors (Lipinski definition) is 0. The Bertz CT molecular complexity index is 162. The summed E-state index contributed by atoms with van der Waals surface area (Å²) in [5.41, 5.74) is 0. The zero-order valence-corrected chi connectivity index (χ0v) is 7.12. The minimum atomic E-state index is 0.560. The maximum absolute atomic E-state index is 5.61. The third-order valence-corrected chi connectivity index (χ3v) is 3.06. The molecule has 11 heavy (non-hydrogen) atoms. The summed E-state index contributed by atoms with van der Waals surface area (Å²) >= 11 is 0. The molecule has 0 radical (unpaired) electrons. The highest BCUT2D eigenvalue weighted by atomic mass is 16.5. The first-order valence-corrected chi connectivity index (χ1v) is 4.66. The maximum atomic E-state index is 5.61. The smallest absolute Gasteiger partial charge is 0.101 e. The summed E-state index contributed by atoms with van der Waals surface area (Å²) in [5, 5.41) is 0. The molecule has 1 heteroatoms. The molecule has 2 aliphatic rings. The summed E-state index contributed by atoms with van der Waals surface area (Å²) in [5.74, 6) is 1.88. The van der Waals surface area contributed by atoms with Crippen molar-refractivity contribution in [3.63, 3.8) is 0 Å². The molecular weight excluding hydrogens is 136 g/mol. The average molecular weight is 152 g/mol. The number of hydrogen-bond acceptors (Lipinski definition) is 1. The third kappa shape index (κ3) is 1.29. The van der Waals surface area contributed by atoms with Gasteiger partial charge in [0.05, 0.1) is 6.26 Å². The van der Waals surface area contributed by atoms with Gasteiger partial charge in [0.25, 0.3) is 0 Å². The van der Waals surface area contributed by atoms with Gasteiger partial charge in [0.1, 0.15) is 6.10 Å². The van der Waals surface area contributed by atoms with Crippen LogP contribution in [-0.2, 0) is 4.74 Å². The molecule has 2 rings (SSSR count). The van der Waals surface area contributed by atoms with Gasteiger partial charge in [-0.2, -0.15) is 0 Å². The van der Waals surface area contributed by atoms with E-state index >= 15 is 0 Å². The molecule has 0 N–H and O–H groups in total. The Morgan fingerprint density at radius 3 is 2.73 bits per heavy atom. The molecule has 0 spiro atoms. The first kappa shape index (κ1) is 7.20. The first-order chi connectivity index (χ1) is 5.40. The Labute approximate surface area is 68.4 Å². The summed E-state index contributed by atoms with van der Waals surface area (Å²) in [7, 11) is 0. The molecule has 2 fully saturated rings. The molecule has 2 saturated carbocycles. The van der Waals surface area contributed by atoms with Crippen LogP contribution in [-0.4, -0.2) is 6.10 Å². The highest BCUT2D eigenvalue weighted by molar-refractivity contribution is 4.91. The van der Waals surface area contributed by atoms with Crippen LogP contribution in [0.1, 0.15) is 32.6 Å². The lowest BCUT2D eigenvalue weighted by Crippen LogP contribution is -2.17. The molecule has 0 aromatic rings. The van der Waals surface area contributed by atoms with Crippen LogP contribution in [0, 0.1) is 11.8 Å². The SMILES string of the molecule is CC=COC1CC2CCC1C2. The van der Waals surface area contributed by atoms with Crippen molar-refractivity contribution in [3.8, 4) is 0 Å². The van der Waals surface area contributed by atoms with Crippen LogP contribution in [0.2, 0.25) is 0 Å². The Morgan fingerprint density at radius 2 is 2.18 bits per heavy atom. The molecule has 0 heterocycles. The molecule has 0 aliphatic heterocycles. The second-order valence-electron chi connectivity index (χ2n) is 3.82. The molecule has 3 unspecified atom stereocenters. The van der Waals surface area contributed by atoms with E-state index in [4.69, 9.17) is 4.74 Å². The van der Waals surface area contributed by atoms with Crippen molar-refractivity contribution in [1.82, 2.24) is 0 Å². The Morgan fingerprint density at radius 1 is 1.27 bits per heavy atom. The lowest BCUT2D eigenvalue weighted by Gasteiger charge is -2.20. The molecule has 0 aromatic carbocycles. The number of rotatable bonds is 2. The minimum absolute atomic E-state index is 0.560. The van der Waals surface area contributed by atoms with Crippen molar-refractivity contribution < 1.29 is 4.74 Å². The van der Waals surface area contributed by atoms with E-state index in [9.17, 15) is 0 Å². The summed E-state index contributed by atoms with van der Waals surface area (Å²) in [6, 6.07) is 0. The molecule has 0 aromatic heterocycles. The van der Waals surface area contributed by atoms with E-state index in [-0.39, 0.29) is 0 Å². The van der Waals surface area contributed by atoms with Crippen molar-refractivity contribution in [3.05, 3.63) is 12.3 Å². The zero-order valence-electron chi connectivity index (χ0n) is 7.12. The second kappa shape index (κ2) is 2.88. The first-order valence-electron chi connectivity index (χ1n) is 4.66. The fourth-order valence-corrected chi connectivity index (χ4v) is 2.53. The largest absolute Gasteiger partial charge is 0.498 e. The quantitative estimate of drug-likeness (QED) is 0.553. The normalized spacial score (nSPS) is 42.1. The maximum Gasteiger partial charge on any atom is 0.101 e. The van der Waals surface area contributed by atoms with E-state index in [0.717, 1.165) is 11.8 Å². The fourth-order valence-electron chi connectivity index (χ4n) is 2.53. The van der Waals surface area contributed by atoms with Crippen molar-refractivity contribution in [1.29, 1.82) is 0 Å². The van der Waals surface area contributed by atoms with E-state index in [2.05, 4.69) is 0 Å². The standard InChI is InChI=1S/C10H16O/c1-2-5-11-10-7-8-3-4-9(10)6-8/h2,5,8-10H,3-4,6-7H2,1H3. The van der Waals surface area contributed by atoms with Crippen LogP contribution in [0.3, 0.4) is 0 Å². The highest BCUT2D eigenvalue weighted by Gasteiger charge is 2.40. The van der Waals surface area contributed by atoms with Crippen LogP contribution in [0.5, 0.6) is 0 Å². The zero-order chi connectivity index (χ0) is 7.68. The Hall–Kier alpha value is -0.460. The number of ether oxygens (including phenoxy) is 1. The van der Waals surface area contributed by atoms with E-state index in [1.54, 1.807) is 0 Å². The molecule has 1 nitrogen and oxygen atoms in total. The van der Waals surface area contributed by atoms with E-state index in [0.29, 0.717) is 6.10 Å². The van der Waals surface area contributed by atoms with Gasteiger partial charge >= 0.3 is 0 Å². The molecule has 3 atom stereocenters. The van der Waals surface area contributed by atoms with Crippen molar-refractivity contribution in [2.75, 3.05) is 0 Å². The van der Waals surface area contributed by atoms with Gasteiger partial charge in [-0.25, -0.2) is 0 Å². The molecule has 0 amide bonds. The highest BCUT2D eigenvalue weighted by Crippen LogP contribution is 2.45. The number of fused-ring (bicyclic) bond motifs is 2. The van der Waals surface area contributed by atoms with Crippen LogP contribution < -0.4 is 0 Å². The third-order valence-electron chi connectivity index (χ3n) is 3.06. The predicted molar refractivity (Wildman–Crippen MR) is 45.1 cm³/mol. The summed E-state index contributed by atoms with van der Waals surface area (Å²) in [4.78, 5) is 0. The van der Waals surface area contributed by atoms with Crippen LogP contribution in [0.15, 0.2) is 12.3 Å². The fraction of sp³-hybridized carbons (Fsp3) is 0.800. The second-order valence-corrected chi connectivity index (χ2v) is 3.82. The Kier molecular flexibility index (Phi) is 1.89. The van der Waals surface area contributed by atoms with E-state index in [1.165, 1.54) is 25.7 Å². The molecule has 62 valence electrons. The van der Waals surface area contributed by atoms with Gasteiger partial charge in [-0.05, 0) is 44.4 Å². The summed E-state index contributed by atoms with van der Waals surface area (Å²) in [6.45, 7) is 2.01. The van der Waals surface area contributed by atoms with E-state index in [1.807, 2.05) is 19.3 Å². The molecule has 2 bridgehead atoms. The monoisotopic (exact) mass is 152 g/mol. The number of allylic oxidation sites excluding steroid dienone is 1. The van der Waals surface area contributed by atoms with Gasteiger partial charge in [-0.3, -0.25) is 0 Å². The van der Waals surface area contributed by atoms with Gasteiger partial charge in [-0.1, -0.05) is 6.08 Å². The van der Waals surface area contributed by atoms with Gasteiger partial charge in [0.2, 0.25) is 0 Å². The van der Waals surface area contributed by atoms with Crippen molar-refractivity contribution in [2.24, 2.45) is 11.8 Å². The van der Waals surface area contributed by atoms with Gasteiger partial charge in [-0.15, -0.1) is 0 Å². The van der Waals surface area contributed by atoms with Gasteiger partial charge < -0.3 is 4.74 Å². The van der Waals surface area contributed by atoms with Crippen LogP contribution in [0.25, 0.3) is 0 Å². The van der Waals surface area contributed by atoms with Crippen LogP contribution in [0.4, 0.5) is 0 Å². The molecular formula is C10H16O. The van der Waals surface area contributed by atoms with Gasteiger partial charge in [0.15, 0.2) is 0 Å². The summed E-state index contributed by atoms with van der Waals surface area (Å²) < 4.78 is 5.61. The van der Waals surface area contributed by atoms with Crippen molar-refractivity contribution in [2.45, 2.75) is 38.7 Å². The average Bonchev–Trinajstić information content (AvgIpc) is 2.60. The molecule has 2 aliphatic carbocycles. The van der Waals surface area contributed by atoms with E-state index < -0.39 is 0 Å². The summed E-state index contributed by atoms with van der Waals surface area (Å²) in [6.07, 6.45) is 10.0. The van der Waals surface area contributed by atoms with Gasteiger partial charge in [0, 0.05) is 0 Å². The van der Waals surface area contributed by atoms with Crippen molar-refractivity contribution >= 4 is 0 Å². The predicted octanol–water partition coefficient (Wildman–Crippen LogP) is 2.73. The minimum Gasteiger partial charge on any atom is -0.498 e. The molecule has 0 saturated heterocycles. The lowest BCUT2D eigenvalue weighted by atomic mass is 9.98. The lowest BCUT2D eigenvalue weighted by molar-refractivity contribution is 0.0907. The Balaban J connectivity index is 1.87. The van der Waals surface area contributed by atoms with Crippen LogP contribution >= 0.6 is 0 Å². The topological polar surface area (TPSA) is 9.23 Å².